The largest absolute Gasteiger partial charge is 0.397 e. The predicted octanol–water partition coefficient (Wildman–Crippen LogP) is 2.74. The number of nitrogen functional groups attached to an aromatic ring is 1. The Bertz CT molecular complexity index is 547. The Morgan fingerprint density at radius 1 is 1.38 bits per heavy atom. The first-order valence-electron chi connectivity index (χ1n) is 7.38. The molecule has 0 atom stereocenters. The molecule has 1 aliphatic carbocycles. The van der Waals surface area contributed by atoms with Crippen LogP contribution in [0.1, 0.15) is 53.1 Å². The van der Waals surface area contributed by atoms with E-state index in [2.05, 4.69) is 24.5 Å². The number of thiophene rings is 1. The van der Waals surface area contributed by atoms with Crippen LogP contribution >= 0.6 is 11.3 Å². The molecule has 0 radical (unpaired) electrons. The van der Waals surface area contributed by atoms with Crippen LogP contribution in [0.25, 0.3) is 0 Å². The summed E-state index contributed by atoms with van der Waals surface area (Å²) < 4.78 is 0. The Kier molecular flexibility index (Phi) is 4.88. The summed E-state index contributed by atoms with van der Waals surface area (Å²) in [5.74, 6) is 0.517. The van der Waals surface area contributed by atoms with Crippen molar-refractivity contribution in [2.75, 3.05) is 24.6 Å². The van der Waals surface area contributed by atoms with Gasteiger partial charge in [0.15, 0.2) is 5.78 Å². The topological polar surface area (TPSA) is 84.2 Å². The summed E-state index contributed by atoms with van der Waals surface area (Å²) in [5, 5.41) is 6.56. The second kappa shape index (κ2) is 6.47. The lowest BCUT2D eigenvalue weighted by atomic mass is 10.1. The summed E-state index contributed by atoms with van der Waals surface area (Å²) in [6.45, 7) is 5.05. The minimum Gasteiger partial charge on any atom is -0.397 e. The van der Waals surface area contributed by atoms with Crippen molar-refractivity contribution < 1.29 is 9.59 Å². The second-order valence-corrected chi connectivity index (χ2v) is 6.90. The zero-order valence-electron chi connectivity index (χ0n) is 12.8. The molecule has 1 heterocycles. The molecule has 1 fully saturated rings. The van der Waals surface area contributed by atoms with Crippen molar-refractivity contribution in [3.63, 3.8) is 0 Å². The van der Waals surface area contributed by atoms with Gasteiger partial charge in [-0.3, -0.25) is 9.59 Å². The highest BCUT2D eigenvalue weighted by Crippen LogP contribution is 2.41. The fraction of sp³-hybridized carbons (Fsp3) is 0.600. The maximum absolute atomic E-state index is 12.3. The lowest BCUT2D eigenvalue weighted by molar-refractivity contribution is 0.0964. The van der Waals surface area contributed by atoms with Gasteiger partial charge in [0.25, 0.3) is 5.91 Å². The van der Waals surface area contributed by atoms with E-state index in [9.17, 15) is 9.59 Å². The average Bonchev–Trinajstić information content (AvgIpc) is 3.22. The zero-order valence-corrected chi connectivity index (χ0v) is 13.6. The number of hydrogen-bond acceptors (Lipinski definition) is 5. The molecule has 2 rings (SSSR count). The first-order chi connectivity index (χ1) is 9.95. The molecule has 21 heavy (non-hydrogen) atoms. The molecule has 0 spiro atoms. The van der Waals surface area contributed by atoms with E-state index < -0.39 is 0 Å². The SMILES string of the molecule is CNC(=O)c1c(NCCC(C)C)sc(C(=O)C2CC2)c1N. The first-order valence-corrected chi connectivity index (χ1v) is 8.19. The number of nitrogens with two attached hydrogens (primary N) is 1. The Hall–Kier alpha value is -1.56. The lowest BCUT2D eigenvalue weighted by Gasteiger charge is -2.08. The maximum Gasteiger partial charge on any atom is 0.256 e. The minimum absolute atomic E-state index is 0.0829. The van der Waals surface area contributed by atoms with Gasteiger partial charge in [-0.15, -0.1) is 11.3 Å². The molecule has 0 bridgehead atoms. The van der Waals surface area contributed by atoms with Crippen LogP contribution in [0.2, 0.25) is 0 Å². The highest BCUT2D eigenvalue weighted by atomic mass is 32.1. The molecule has 6 heteroatoms. The number of hydrogen-bond donors (Lipinski definition) is 3. The summed E-state index contributed by atoms with van der Waals surface area (Å²) >= 11 is 1.31. The van der Waals surface area contributed by atoms with E-state index in [0.717, 1.165) is 25.8 Å². The number of carbonyl (C=O) groups excluding carboxylic acids is 2. The minimum atomic E-state index is -0.245. The molecule has 1 aromatic rings. The Morgan fingerprint density at radius 3 is 2.57 bits per heavy atom. The van der Waals surface area contributed by atoms with Crippen molar-refractivity contribution in [1.29, 1.82) is 0 Å². The highest BCUT2D eigenvalue weighted by Gasteiger charge is 2.35. The van der Waals surface area contributed by atoms with Gasteiger partial charge in [0.2, 0.25) is 0 Å². The van der Waals surface area contributed by atoms with Gasteiger partial charge >= 0.3 is 0 Å². The van der Waals surface area contributed by atoms with Crippen molar-refractivity contribution in [2.45, 2.75) is 33.1 Å². The molecule has 0 aromatic carbocycles. The van der Waals surface area contributed by atoms with Gasteiger partial charge in [-0.2, -0.15) is 0 Å². The van der Waals surface area contributed by atoms with Crippen LogP contribution in [0.15, 0.2) is 0 Å². The first kappa shape index (κ1) is 15.8. The van der Waals surface area contributed by atoms with E-state index in [-0.39, 0.29) is 17.6 Å². The van der Waals surface area contributed by atoms with Crippen molar-refractivity contribution in [3.05, 3.63) is 10.4 Å². The zero-order chi connectivity index (χ0) is 15.6. The molecule has 0 saturated heterocycles. The smallest absolute Gasteiger partial charge is 0.256 e. The molecule has 116 valence electrons. The molecule has 0 aliphatic heterocycles. The fourth-order valence-electron chi connectivity index (χ4n) is 2.11. The highest BCUT2D eigenvalue weighted by molar-refractivity contribution is 7.19. The van der Waals surface area contributed by atoms with E-state index in [0.29, 0.717) is 27.0 Å². The predicted molar refractivity (Wildman–Crippen MR) is 87.1 cm³/mol. The van der Waals surface area contributed by atoms with Crippen molar-refractivity contribution in [3.8, 4) is 0 Å². The van der Waals surface area contributed by atoms with Crippen LogP contribution in [0.5, 0.6) is 0 Å². The Labute approximate surface area is 129 Å². The maximum atomic E-state index is 12.3. The van der Waals surface area contributed by atoms with Crippen LogP contribution < -0.4 is 16.4 Å². The van der Waals surface area contributed by atoms with Crippen LogP contribution in [0, 0.1) is 11.8 Å². The number of ketones is 1. The Morgan fingerprint density at radius 2 is 2.05 bits per heavy atom. The molecular weight excluding hydrogens is 286 g/mol. The lowest BCUT2D eigenvalue weighted by Crippen LogP contribution is -2.20. The fourth-order valence-corrected chi connectivity index (χ4v) is 3.27. The summed E-state index contributed by atoms with van der Waals surface area (Å²) in [6.07, 6.45) is 2.86. The third-order valence-electron chi connectivity index (χ3n) is 3.58. The van der Waals surface area contributed by atoms with Crippen molar-refractivity contribution in [2.24, 2.45) is 11.8 Å². The molecule has 4 N–H and O–H groups in total. The van der Waals surface area contributed by atoms with Gasteiger partial charge in [-0.05, 0) is 25.2 Å². The second-order valence-electron chi connectivity index (χ2n) is 5.88. The van der Waals surface area contributed by atoms with E-state index in [1.54, 1.807) is 7.05 Å². The van der Waals surface area contributed by atoms with E-state index >= 15 is 0 Å². The van der Waals surface area contributed by atoms with Crippen LogP contribution in [0.3, 0.4) is 0 Å². The molecule has 0 unspecified atom stereocenters. The van der Waals surface area contributed by atoms with E-state index in [1.165, 1.54) is 11.3 Å². The summed E-state index contributed by atoms with van der Waals surface area (Å²) in [4.78, 5) is 24.8. The molecule has 1 aromatic heterocycles. The number of nitrogens with one attached hydrogen (secondary N) is 2. The van der Waals surface area contributed by atoms with Crippen LogP contribution in [0.4, 0.5) is 10.7 Å². The molecule has 5 nitrogen and oxygen atoms in total. The standard InChI is InChI=1S/C15H23N3O2S/c1-8(2)6-7-18-15-10(14(20)17-3)11(16)13(21-15)12(19)9-4-5-9/h8-9,18H,4-7,16H2,1-3H3,(H,17,20). The van der Waals surface area contributed by atoms with E-state index in [4.69, 9.17) is 5.73 Å². The average molecular weight is 309 g/mol. The number of anilines is 2. The third kappa shape index (κ3) is 3.56. The van der Waals surface area contributed by atoms with Gasteiger partial charge in [0.1, 0.15) is 5.00 Å². The number of amides is 1. The van der Waals surface area contributed by atoms with Crippen LogP contribution in [-0.4, -0.2) is 25.3 Å². The van der Waals surface area contributed by atoms with Gasteiger partial charge in [-0.1, -0.05) is 13.8 Å². The van der Waals surface area contributed by atoms with Crippen molar-refractivity contribution in [1.82, 2.24) is 5.32 Å². The van der Waals surface area contributed by atoms with Crippen LogP contribution in [-0.2, 0) is 0 Å². The van der Waals surface area contributed by atoms with Gasteiger partial charge in [0.05, 0.1) is 16.1 Å². The van der Waals surface area contributed by atoms with Gasteiger partial charge in [-0.25, -0.2) is 0 Å². The molecule has 1 amide bonds. The quantitative estimate of drug-likeness (QED) is 0.676. The third-order valence-corrected chi connectivity index (χ3v) is 4.76. The van der Waals surface area contributed by atoms with Gasteiger partial charge < -0.3 is 16.4 Å². The van der Waals surface area contributed by atoms with E-state index in [1.807, 2.05) is 0 Å². The monoisotopic (exact) mass is 309 g/mol. The molecule has 1 aliphatic rings. The van der Waals surface area contributed by atoms with Crippen molar-refractivity contribution >= 4 is 33.7 Å². The number of carbonyl (C=O) groups is 2. The Balaban J connectivity index is 2.25. The molecule has 1 saturated carbocycles. The molecular formula is C15H23N3O2S. The van der Waals surface area contributed by atoms with Gasteiger partial charge in [0, 0.05) is 19.5 Å². The summed E-state index contributed by atoms with van der Waals surface area (Å²) in [5.41, 5.74) is 6.80. The normalized spacial score (nSPS) is 14.3. The number of Topliss-reactive ketones (excluding diaryl/α,β-unsaturated/α-hetero) is 1. The summed E-state index contributed by atoms with van der Waals surface area (Å²) in [6, 6.07) is 0. The number of rotatable bonds is 7. The summed E-state index contributed by atoms with van der Waals surface area (Å²) in [7, 11) is 1.57.